The molecule has 2 fully saturated rings. The van der Waals surface area contributed by atoms with E-state index in [0.29, 0.717) is 12.5 Å². The predicted octanol–water partition coefficient (Wildman–Crippen LogP) is 3.39. The monoisotopic (exact) mass is 292 g/mol. The Balaban J connectivity index is 1.62. The lowest BCUT2D eigenvalue weighted by Crippen LogP contribution is -2.35. The molecule has 0 aromatic carbocycles. The number of nitrogens with zero attached hydrogens (tertiary/aromatic N) is 1. The van der Waals surface area contributed by atoms with Crippen molar-refractivity contribution in [3.05, 3.63) is 22.4 Å². The van der Waals surface area contributed by atoms with Gasteiger partial charge < -0.3 is 4.90 Å². The summed E-state index contributed by atoms with van der Waals surface area (Å²) in [6, 6.07) is 4.19. The van der Waals surface area contributed by atoms with Crippen molar-refractivity contribution in [1.82, 2.24) is 10.2 Å². The lowest BCUT2D eigenvalue weighted by Gasteiger charge is -2.32. The van der Waals surface area contributed by atoms with Crippen molar-refractivity contribution < 1.29 is 4.79 Å². The molecular formula is C16H24N2OS. The molecule has 2 aliphatic rings. The molecule has 20 heavy (non-hydrogen) atoms. The minimum atomic E-state index is 0.117. The van der Waals surface area contributed by atoms with E-state index in [-0.39, 0.29) is 12.1 Å². The minimum absolute atomic E-state index is 0.117. The van der Waals surface area contributed by atoms with Gasteiger partial charge in [0.1, 0.15) is 6.17 Å². The van der Waals surface area contributed by atoms with Crippen LogP contribution < -0.4 is 5.32 Å². The number of hydrogen-bond donors (Lipinski definition) is 1. The van der Waals surface area contributed by atoms with Gasteiger partial charge in [0.15, 0.2) is 0 Å². The molecule has 1 saturated heterocycles. The molecule has 1 atom stereocenters. The quantitative estimate of drug-likeness (QED) is 0.922. The first-order valence-corrected chi connectivity index (χ1v) is 8.72. The molecule has 110 valence electrons. The molecule has 4 heteroatoms. The van der Waals surface area contributed by atoms with E-state index in [1.54, 1.807) is 11.3 Å². The van der Waals surface area contributed by atoms with Crippen molar-refractivity contribution in [3.8, 4) is 0 Å². The highest BCUT2D eigenvalue weighted by Gasteiger charge is 2.34. The summed E-state index contributed by atoms with van der Waals surface area (Å²) in [4.78, 5) is 15.5. The number of amides is 1. The molecule has 1 aliphatic carbocycles. The van der Waals surface area contributed by atoms with E-state index in [2.05, 4.69) is 34.7 Å². The standard InChI is InChI=1S/C16H24N2OS/c1-2-12-5-7-13(8-6-12)11-18-15(19)10-17-16(18)14-4-3-9-20-14/h3-4,9,12-13,16-17H,2,5-8,10-11H2,1H3. The van der Waals surface area contributed by atoms with Gasteiger partial charge in [0.25, 0.3) is 0 Å². The second kappa shape index (κ2) is 6.27. The van der Waals surface area contributed by atoms with Crippen molar-refractivity contribution in [2.45, 2.75) is 45.2 Å². The minimum Gasteiger partial charge on any atom is -0.321 e. The predicted molar refractivity (Wildman–Crippen MR) is 82.5 cm³/mol. The van der Waals surface area contributed by atoms with Gasteiger partial charge in [-0.3, -0.25) is 10.1 Å². The summed E-state index contributed by atoms with van der Waals surface area (Å²) in [5, 5.41) is 5.44. The molecule has 2 heterocycles. The zero-order valence-corrected chi connectivity index (χ0v) is 13.0. The zero-order valence-electron chi connectivity index (χ0n) is 12.2. The molecule has 0 radical (unpaired) electrons. The smallest absolute Gasteiger partial charge is 0.238 e. The van der Waals surface area contributed by atoms with Crippen molar-refractivity contribution in [2.75, 3.05) is 13.1 Å². The molecule has 1 aliphatic heterocycles. The maximum absolute atomic E-state index is 12.1. The van der Waals surface area contributed by atoms with Crippen LogP contribution in [0.2, 0.25) is 0 Å². The second-order valence-corrected chi connectivity index (χ2v) is 7.12. The largest absolute Gasteiger partial charge is 0.321 e. The van der Waals surface area contributed by atoms with Crippen molar-refractivity contribution in [3.63, 3.8) is 0 Å². The van der Waals surface area contributed by atoms with Gasteiger partial charge in [0, 0.05) is 11.4 Å². The average Bonchev–Trinajstić information content (AvgIpc) is 3.11. The summed E-state index contributed by atoms with van der Waals surface area (Å²) >= 11 is 1.74. The molecule has 3 nitrogen and oxygen atoms in total. The van der Waals surface area contributed by atoms with Crippen LogP contribution in [0.15, 0.2) is 17.5 Å². The molecule has 0 bridgehead atoms. The third-order valence-corrected chi connectivity index (χ3v) is 5.81. The Kier molecular flexibility index (Phi) is 4.41. The first kappa shape index (κ1) is 14.1. The SMILES string of the molecule is CCC1CCC(CN2C(=O)CNC2c2cccs2)CC1. The first-order valence-electron chi connectivity index (χ1n) is 7.84. The molecule has 1 saturated carbocycles. The highest BCUT2D eigenvalue weighted by Crippen LogP contribution is 2.34. The summed E-state index contributed by atoms with van der Waals surface area (Å²) in [6.45, 7) is 3.73. The fourth-order valence-electron chi connectivity index (χ4n) is 3.55. The molecule has 0 spiro atoms. The van der Waals surface area contributed by atoms with Crippen LogP contribution in [0.3, 0.4) is 0 Å². The Hall–Kier alpha value is -0.870. The third kappa shape index (κ3) is 2.91. The Labute approximate surface area is 125 Å². The van der Waals surface area contributed by atoms with Gasteiger partial charge in [-0.2, -0.15) is 0 Å². The highest BCUT2D eigenvalue weighted by molar-refractivity contribution is 7.10. The molecule has 1 aromatic rings. The van der Waals surface area contributed by atoms with E-state index in [1.807, 2.05) is 0 Å². The fraction of sp³-hybridized carbons (Fsp3) is 0.688. The van der Waals surface area contributed by atoms with Gasteiger partial charge in [-0.25, -0.2) is 0 Å². The van der Waals surface area contributed by atoms with Gasteiger partial charge in [0.2, 0.25) is 5.91 Å². The number of carbonyl (C=O) groups is 1. The van der Waals surface area contributed by atoms with Crippen LogP contribution in [0.1, 0.15) is 50.1 Å². The van der Waals surface area contributed by atoms with Crippen molar-refractivity contribution >= 4 is 17.2 Å². The lowest BCUT2D eigenvalue weighted by molar-refractivity contribution is -0.128. The molecule has 1 aromatic heterocycles. The van der Waals surface area contributed by atoms with Gasteiger partial charge >= 0.3 is 0 Å². The van der Waals surface area contributed by atoms with Gasteiger partial charge in [-0.1, -0.05) is 32.3 Å². The summed E-state index contributed by atoms with van der Waals surface area (Å²) in [5.74, 6) is 1.89. The first-order chi connectivity index (χ1) is 9.78. The topological polar surface area (TPSA) is 32.3 Å². The van der Waals surface area contributed by atoms with Gasteiger partial charge in [-0.15, -0.1) is 11.3 Å². The average molecular weight is 292 g/mol. The second-order valence-electron chi connectivity index (χ2n) is 6.14. The van der Waals surface area contributed by atoms with E-state index in [0.717, 1.165) is 12.5 Å². The fourth-order valence-corrected chi connectivity index (χ4v) is 4.36. The van der Waals surface area contributed by atoms with Gasteiger partial charge in [0.05, 0.1) is 6.54 Å². The van der Waals surface area contributed by atoms with Crippen LogP contribution in [0.4, 0.5) is 0 Å². The van der Waals surface area contributed by atoms with E-state index >= 15 is 0 Å². The third-order valence-electron chi connectivity index (χ3n) is 4.89. The number of thiophene rings is 1. The number of rotatable bonds is 4. The Morgan fingerprint density at radius 2 is 2.05 bits per heavy atom. The van der Waals surface area contributed by atoms with Gasteiger partial charge in [-0.05, 0) is 36.1 Å². The van der Waals surface area contributed by atoms with E-state index in [1.165, 1.54) is 37.0 Å². The van der Waals surface area contributed by atoms with Crippen molar-refractivity contribution in [1.29, 1.82) is 0 Å². The molecule has 1 amide bonds. The van der Waals surface area contributed by atoms with Crippen LogP contribution >= 0.6 is 11.3 Å². The lowest BCUT2D eigenvalue weighted by atomic mass is 9.80. The number of nitrogens with one attached hydrogen (secondary N) is 1. The molecule has 3 rings (SSSR count). The number of carbonyl (C=O) groups excluding carboxylic acids is 1. The van der Waals surface area contributed by atoms with Crippen molar-refractivity contribution in [2.24, 2.45) is 11.8 Å². The van der Waals surface area contributed by atoms with E-state index in [9.17, 15) is 4.79 Å². The van der Waals surface area contributed by atoms with Crippen LogP contribution in [0.5, 0.6) is 0 Å². The van der Waals surface area contributed by atoms with Crippen LogP contribution in [-0.2, 0) is 4.79 Å². The molecular weight excluding hydrogens is 268 g/mol. The maximum atomic E-state index is 12.1. The van der Waals surface area contributed by atoms with Crippen LogP contribution in [-0.4, -0.2) is 23.9 Å². The molecule has 1 N–H and O–H groups in total. The zero-order chi connectivity index (χ0) is 13.9. The summed E-state index contributed by atoms with van der Waals surface area (Å²) < 4.78 is 0. The highest BCUT2D eigenvalue weighted by atomic mass is 32.1. The van der Waals surface area contributed by atoms with Crippen LogP contribution in [0.25, 0.3) is 0 Å². The summed E-state index contributed by atoms with van der Waals surface area (Å²) in [7, 11) is 0. The van der Waals surface area contributed by atoms with E-state index < -0.39 is 0 Å². The van der Waals surface area contributed by atoms with E-state index in [4.69, 9.17) is 0 Å². The normalized spacial score (nSPS) is 30.9. The Bertz CT molecular complexity index is 437. The number of hydrogen-bond acceptors (Lipinski definition) is 3. The Morgan fingerprint density at radius 1 is 1.30 bits per heavy atom. The summed E-state index contributed by atoms with van der Waals surface area (Å²) in [5.41, 5.74) is 0. The van der Waals surface area contributed by atoms with Crippen LogP contribution in [0, 0.1) is 11.8 Å². The summed E-state index contributed by atoms with van der Waals surface area (Å²) in [6.07, 6.45) is 6.71. The maximum Gasteiger partial charge on any atom is 0.238 e. The Morgan fingerprint density at radius 3 is 2.70 bits per heavy atom. The molecule has 1 unspecified atom stereocenters.